The number of anilines is 1. The highest BCUT2D eigenvalue weighted by Crippen LogP contribution is 2.28. The molecule has 0 aliphatic carbocycles. The van der Waals surface area contributed by atoms with Gasteiger partial charge in [-0.3, -0.25) is 4.99 Å². The SMILES string of the molecule is CCNC(=NCCNS(=O)(=O)CC)N1CCN(c2ccccc2OC)CC1.I. The third kappa shape index (κ3) is 7.28. The number of rotatable bonds is 8. The third-order valence-corrected chi connectivity index (χ3v) is 5.82. The molecule has 8 nitrogen and oxygen atoms in total. The van der Waals surface area contributed by atoms with Crippen molar-refractivity contribution in [2.24, 2.45) is 4.99 Å². The molecule has 10 heteroatoms. The van der Waals surface area contributed by atoms with Crippen LogP contribution in [0.15, 0.2) is 29.3 Å². The van der Waals surface area contributed by atoms with Gasteiger partial charge >= 0.3 is 0 Å². The molecule has 0 bridgehead atoms. The Morgan fingerprint density at radius 1 is 1.18 bits per heavy atom. The summed E-state index contributed by atoms with van der Waals surface area (Å²) in [4.78, 5) is 9.09. The van der Waals surface area contributed by atoms with Crippen LogP contribution in [-0.4, -0.2) is 78.0 Å². The topological polar surface area (TPSA) is 86.3 Å². The van der Waals surface area contributed by atoms with E-state index in [0.717, 1.165) is 50.1 Å². The molecule has 2 rings (SSSR count). The summed E-state index contributed by atoms with van der Waals surface area (Å²) in [5.41, 5.74) is 1.11. The molecule has 1 aliphatic rings. The predicted octanol–water partition coefficient (Wildman–Crippen LogP) is 1.34. The second-order valence-electron chi connectivity index (χ2n) is 6.18. The molecule has 2 N–H and O–H groups in total. The number of methoxy groups -OCH3 is 1. The molecule has 0 radical (unpaired) electrons. The lowest BCUT2D eigenvalue weighted by Crippen LogP contribution is -2.52. The van der Waals surface area contributed by atoms with Gasteiger partial charge in [-0.1, -0.05) is 12.1 Å². The number of hydrogen-bond acceptors (Lipinski definition) is 5. The van der Waals surface area contributed by atoms with Crippen molar-refractivity contribution in [2.75, 3.05) is 63.6 Å². The predicted molar refractivity (Wildman–Crippen MR) is 126 cm³/mol. The number of ether oxygens (including phenoxy) is 1. The molecule has 0 spiro atoms. The fraction of sp³-hybridized carbons (Fsp3) is 0.611. The van der Waals surface area contributed by atoms with Crippen molar-refractivity contribution in [2.45, 2.75) is 13.8 Å². The zero-order valence-corrected chi connectivity index (χ0v) is 20.0. The lowest BCUT2D eigenvalue weighted by molar-refractivity contribution is 0.367. The van der Waals surface area contributed by atoms with Crippen molar-refractivity contribution in [1.29, 1.82) is 0 Å². The monoisotopic (exact) mass is 525 g/mol. The largest absolute Gasteiger partial charge is 0.495 e. The minimum atomic E-state index is -3.17. The average Bonchev–Trinajstić information content (AvgIpc) is 2.70. The average molecular weight is 525 g/mol. The highest BCUT2D eigenvalue weighted by Gasteiger charge is 2.21. The number of guanidine groups is 1. The quantitative estimate of drug-likeness (QED) is 0.231. The maximum atomic E-state index is 11.5. The van der Waals surface area contributed by atoms with Crippen LogP contribution in [0.1, 0.15) is 13.8 Å². The Kier molecular flexibility index (Phi) is 10.9. The smallest absolute Gasteiger partial charge is 0.211 e. The lowest BCUT2D eigenvalue weighted by Gasteiger charge is -2.38. The van der Waals surface area contributed by atoms with Crippen LogP contribution < -0.4 is 19.7 Å². The molecule has 1 saturated heterocycles. The Balaban J connectivity index is 0.00000392. The molecular weight excluding hydrogens is 493 g/mol. The zero-order valence-electron chi connectivity index (χ0n) is 16.8. The molecule has 0 atom stereocenters. The maximum Gasteiger partial charge on any atom is 0.211 e. The highest BCUT2D eigenvalue weighted by atomic mass is 127. The first-order valence-corrected chi connectivity index (χ1v) is 11.0. The van der Waals surface area contributed by atoms with Gasteiger partial charge in [0.1, 0.15) is 5.75 Å². The summed E-state index contributed by atoms with van der Waals surface area (Å²) in [5.74, 6) is 1.80. The summed E-state index contributed by atoms with van der Waals surface area (Å²) < 4.78 is 31.0. The van der Waals surface area contributed by atoms with Crippen molar-refractivity contribution in [3.8, 4) is 5.75 Å². The highest BCUT2D eigenvalue weighted by molar-refractivity contribution is 14.0. The van der Waals surface area contributed by atoms with E-state index < -0.39 is 10.0 Å². The van der Waals surface area contributed by atoms with Gasteiger partial charge < -0.3 is 19.9 Å². The summed E-state index contributed by atoms with van der Waals surface area (Å²) in [6.07, 6.45) is 0. The van der Waals surface area contributed by atoms with E-state index in [1.165, 1.54) is 0 Å². The van der Waals surface area contributed by atoms with Crippen LogP contribution in [0.4, 0.5) is 5.69 Å². The van der Waals surface area contributed by atoms with Crippen LogP contribution in [0.5, 0.6) is 5.75 Å². The molecule has 1 aromatic carbocycles. The van der Waals surface area contributed by atoms with Gasteiger partial charge in [0, 0.05) is 39.3 Å². The van der Waals surface area contributed by atoms with Crippen LogP contribution in [0, 0.1) is 0 Å². The van der Waals surface area contributed by atoms with Crippen molar-refractivity contribution in [3.05, 3.63) is 24.3 Å². The number of aliphatic imine (C=N–C) groups is 1. The third-order valence-electron chi connectivity index (χ3n) is 4.42. The van der Waals surface area contributed by atoms with E-state index >= 15 is 0 Å². The fourth-order valence-electron chi connectivity index (χ4n) is 2.94. The minimum Gasteiger partial charge on any atom is -0.495 e. The molecule has 0 unspecified atom stereocenters. The molecular formula is C18H32IN5O3S. The zero-order chi connectivity index (χ0) is 19.7. The first-order chi connectivity index (χ1) is 13.0. The molecule has 0 amide bonds. The van der Waals surface area contributed by atoms with Gasteiger partial charge in [-0.25, -0.2) is 13.1 Å². The van der Waals surface area contributed by atoms with E-state index in [4.69, 9.17) is 4.74 Å². The summed E-state index contributed by atoms with van der Waals surface area (Å²) in [6, 6.07) is 8.05. The fourth-order valence-corrected chi connectivity index (χ4v) is 3.55. The van der Waals surface area contributed by atoms with Crippen LogP contribution in [-0.2, 0) is 10.0 Å². The molecule has 28 heavy (non-hydrogen) atoms. The lowest BCUT2D eigenvalue weighted by atomic mass is 10.2. The minimum absolute atomic E-state index is 0. The summed E-state index contributed by atoms with van der Waals surface area (Å²) in [7, 11) is -1.48. The Hall–Kier alpha value is -1.27. The first kappa shape index (κ1) is 24.8. The maximum absolute atomic E-state index is 11.5. The molecule has 1 aromatic rings. The molecule has 1 aliphatic heterocycles. The van der Waals surface area contributed by atoms with Gasteiger partial charge in [0.15, 0.2) is 5.96 Å². The molecule has 160 valence electrons. The number of nitrogens with one attached hydrogen (secondary N) is 2. The molecule has 0 saturated carbocycles. The molecule has 1 heterocycles. The molecule has 0 aromatic heterocycles. The Labute approximate surface area is 185 Å². The van der Waals surface area contributed by atoms with Gasteiger partial charge in [-0.2, -0.15) is 0 Å². The van der Waals surface area contributed by atoms with E-state index in [9.17, 15) is 8.42 Å². The number of halogens is 1. The first-order valence-electron chi connectivity index (χ1n) is 9.39. The van der Waals surface area contributed by atoms with Crippen LogP contribution in [0.3, 0.4) is 0 Å². The van der Waals surface area contributed by atoms with Crippen LogP contribution >= 0.6 is 24.0 Å². The Morgan fingerprint density at radius 2 is 1.86 bits per heavy atom. The number of hydrogen-bond donors (Lipinski definition) is 2. The second-order valence-corrected chi connectivity index (χ2v) is 8.27. The van der Waals surface area contributed by atoms with E-state index in [1.54, 1.807) is 14.0 Å². The van der Waals surface area contributed by atoms with Crippen LogP contribution in [0.2, 0.25) is 0 Å². The normalized spacial score (nSPS) is 15.2. The van der Waals surface area contributed by atoms with E-state index in [1.807, 2.05) is 25.1 Å². The van der Waals surface area contributed by atoms with Crippen molar-refractivity contribution in [3.63, 3.8) is 0 Å². The van der Waals surface area contributed by atoms with Gasteiger partial charge in [-0.05, 0) is 26.0 Å². The molecule has 1 fully saturated rings. The van der Waals surface area contributed by atoms with E-state index in [2.05, 4.69) is 30.9 Å². The number of benzene rings is 1. The second kappa shape index (κ2) is 12.3. The van der Waals surface area contributed by atoms with Gasteiger partial charge in [0.05, 0.1) is 25.1 Å². The number of nitrogens with zero attached hydrogens (tertiary/aromatic N) is 3. The Morgan fingerprint density at radius 3 is 2.46 bits per heavy atom. The van der Waals surface area contributed by atoms with E-state index in [-0.39, 0.29) is 29.7 Å². The summed E-state index contributed by atoms with van der Waals surface area (Å²) in [5, 5.41) is 3.30. The van der Waals surface area contributed by atoms with Crippen LogP contribution in [0.25, 0.3) is 0 Å². The van der Waals surface area contributed by atoms with E-state index in [0.29, 0.717) is 13.1 Å². The Bertz CT molecular complexity index is 722. The number of piperazine rings is 1. The summed E-state index contributed by atoms with van der Waals surface area (Å²) >= 11 is 0. The van der Waals surface area contributed by atoms with Gasteiger partial charge in [0.25, 0.3) is 0 Å². The number of sulfonamides is 1. The van der Waals surface area contributed by atoms with Gasteiger partial charge in [0.2, 0.25) is 10.0 Å². The standard InChI is InChI=1S/C18H31N5O3S.HI/c1-4-19-18(20-10-11-21-27(24,25)5-2)23-14-12-22(13-15-23)16-8-6-7-9-17(16)26-3;/h6-9,21H,4-5,10-15H2,1-3H3,(H,19,20);1H. The summed E-state index contributed by atoms with van der Waals surface area (Å²) in [6.45, 7) is 8.56. The van der Waals surface area contributed by atoms with Crippen molar-refractivity contribution < 1.29 is 13.2 Å². The van der Waals surface area contributed by atoms with Crippen molar-refractivity contribution >= 4 is 45.6 Å². The van der Waals surface area contributed by atoms with Crippen molar-refractivity contribution in [1.82, 2.24) is 14.9 Å². The number of para-hydroxylation sites is 2. The van der Waals surface area contributed by atoms with Gasteiger partial charge in [-0.15, -0.1) is 24.0 Å².